The maximum absolute atomic E-state index is 2.41. The Bertz CT molecular complexity index is 140. The summed E-state index contributed by atoms with van der Waals surface area (Å²) >= 11 is 0. The van der Waals surface area contributed by atoms with Gasteiger partial charge in [0.1, 0.15) is 0 Å². The Labute approximate surface area is 90.5 Å². The average Bonchev–Trinajstić information content (AvgIpc) is 2.16. The van der Waals surface area contributed by atoms with Gasteiger partial charge in [0.25, 0.3) is 0 Å². The molecule has 1 rings (SSSR count). The van der Waals surface area contributed by atoms with E-state index in [1.165, 1.54) is 38.5 Å². The minimum atomic E-state index is 0.873. The van der Waals surface area contributed by atoms with E-state index in [1.54, 1.807) is 0 Å². The first-order chi connectivity index (χ1) is 6.59. The van der Waals surface area contributed by atoms with Gasteiger partial charge < -0.3 is 0 Å². The van der Waals surface area contributed by atoms with Gasteiger partial charge in [-0.25, -0.2) is 0 Å². The lowest BCUT2D eigenvalue weighted by atomic mass is 9.79. The van der Waals surface area contributed by atoms with Gasteiger partial charge in [-0.1, -0.05) is 66.2 Å². The fraction of sp³-hybridized carbons (Fsp3) is 1.00. The highest BCUT2D eigenvalue weighted by Crippen LogP contribution is 2.32. The predicted molar refractivity (Wildman–Crippen MR) is 64.4 cm³/mol. The molecule has 1 saturated carbocycles. The summed E-state index contributed by atoms with van der Waals surface area (Å²) in [5.74, 6) is 3.87. The first-order valence-electron chi connectivity index (χ1n) is 6.59. The molecular formula is C14H28. The molecule has 1 fully saturated rings. The monoisotopic (exact) mass is 196 g/mol. The molecule has 1 aliphatic rings. The van der Waals surface area contributed by atoms with Crippen molar-refractivity contribution in [2.45, 2.75) is 66.2 Å². The van der Waals surface area contributed by atoms with Crippen LogP contribution in [0, 0.1) is 23.7 Å². The zero-order chi connectivity index (χ0) is 10.6. The molecule has 0 heteroatoms. The molecule has 84 valence electrons. The molecule has 0 spiro atoms. The van der Waals surface area contributed by atoms with Crippen LogP contribution < -0.4 is 0 Å². The first kappa shape index (κ1) is 12.1. The Morgan fingerprint density at radius 2 is 1.57 bits per heavy atom. The number of rotatable bonds is 4. The Morgan fingerprint density at radius 1 is 1.00 bits per heavy atom. The smallest absolute Gasteiger partial charge is 0.0414 e. The van der Waals surface area contributed by atoms with Crippen LogP contribution in [0.4, 0.5) is 0 Å². The third kappa shape index (κ3) is 4.02. The van der Waals surface area contributed by atoms with Crippen LogP contribution >= 0.6 is 0 Å². The molecule has 0 aromatic heterocycles. The van der Waals surface area contributed by atoms with Gasteiger partial charge in [0.05, 0.1) is 0 Å². The van der Waals surface area contributed by atoms with Crippen molar-refractivity contribution < 1.29 is 0 Å². The second-order valence-corrected chi connectivity index (χ2v) is 5.92. The molecule has 0 saturated heterocycles. The Hall–Kier alpha value is 0. The van der Waals surface area contributed by atoms with Crippen LogP contribution in [-0.4, -0.2) is 0 Å². The van der Waals surface area contributed by atoms with Crippen LogP contribution in [0.3, 0.4) is 0 Å². The molecule has 0 aromatic carbocycles. The average molecular weight is 196 g/mol. The SMILES string of the molecule is CC1CCC(CCC(C)C(C)C)CC1. The van der Waals surface area contributed by atoms with Crippen molar-refractivity contribution in [3.05, 3.63) is 0 Å². The normalized spacial score (nSPS) is 30.6. The molecule has 14 heavy (non-hydrogen) atoms. The molecule has 0 aromatic rings. The lowest BCUT2D eigenvalue weighted by Crippen LogP contribution is -2.14. The fourth-order valence-electron chi connectivity index (χ4n) is 2.45. The quantitative estimate of drug-likeness (QED) is 0.601. The minimum Gasteiger partial charge on any atom is -0.0625 e. The number of hydrogen-bond donors (Lipinski definition) is 0. The summed E-state index contributed by atoms with van der Waals surface area (Å²) in [4.78, 5) is 0. The minimum absolute atomic E-state index is 0.873. The van der Waals surface area contributed by atoms with E-state index in [4.69, 9.17) is 0 Å². The largest absolute Gasteiger partial charge is 0.0625 e. The summed E-state index contributed by atoms with van der Waals surface area (Å²) in [5, 5.41) is 0. The van der Waals surface area contributed by atoms with Crippen LogP contribution in [-0.2, 0) is 0 Å². The highest BCUT2D eigenvalue weighted by Gasteiger charge is 2.19. The van der Waals surface area contributed by atoms with E-state index in [1.807, 2.05) is 0 Å². The second kappa shape index (κ2) is 5.78. The summed E-state index contributed by atoms with van der Waals surface area (Å²) in [5.41, 5.74) is 0. The summed E-state index contributed by atoms with van der Waals surface area (Å²) in [6.45, 7) is 9.53. The molecule has 1 atom stereocenters. The first-order valence-corrected chi connectivity index (χ1v) is 6.59. The molecule has 0 bridgehead atoms. The van der Waals surface area contributed by atoms with E-state index < -0.39 is 0 Å². The van der Waals surface area contributed by atoms with Crippen molar-refractivity contribution >= 4 is 0 Å². The third-order valence-corrected chi connectivity index (χ3v) is 4.30. The highest BCUT2D eigenvalue weighted by molar-refractivity contribution is 4.71. The van der Waals surface area contributed by atoms with Crippen LogP contribution in [0.1, 0.15) is 66.2 Å². The van der Waals surface area contributed by atoms with E-state index in [9.17, 15) is 0 Å². The maximum atomic E-state index is 2.41. The van der Waals surface area contributed by atoms with Gasteiger partial charge in [0.2, 0.25) is 0 Å². The fourth-order valence-corrected chi connectivity index (χ4v) is 2.45. The van der Waals surface area contributed by atoms with Crippen molar-refractivity contribution in [2.75, 3.05) is 0 Å². The number of hydrogen-bond acceptors (Lipinski definition) is 0. The predicted octanol–water partition coefficient (Wildman–Crippen LogP) is 4.89. The molecule has 0 heterocycles. The molecule has 1 aliphatic carbocycles. The van der Waals surface area contributed by atoms with E-state index in [0.717, 1.165) is 23.7 Å². The van der Waals surface area contributed by atoms with Crippen LogP contribution in [0.25, 0.3) is 0 Å². The van der Waals surface area contributed by atoms with Crippen LogP contribution in [0.15, 0.2) is 0 Å². The summed E-state index contributed by atoms with van der Waals surface area (Å²) in [7, 11) is 0. The molecular weight excluding hydrogens is 168 g/mol. The topological polar surface area (TPSA) is 0 Å². The van der Waals surface area contributed by atoms with E-state index in [-0.39, 0.29) is 0 Å². The molecule has 0 nitrogen and oxygen atoms in total. The molecule has 0 radical (unpaired) electrons. The van der Waals surface area contributed by atoms with Gasteiger partial charge in [-0.05, 0) is 23.7 Å². The van der Waals surface area contributed by atoms with Gasteiger partial charge in [-0.15, -0.1) is 0 Å². The van der Waals surface area contributed by atoms with Crippen molar-refractivity contribution in [3.63, 3.8) is 0 Å². The van der Waals surface area contributed by atoms with Crippen LogP contribution in [0.2, 0.25) is 0 Å². The molecule has 0 amide bonds. The van der Waals surface area contributed by atoms with Gasteiger partial charge in [-0.2, -0.15) is 0 Å². The van der Waals surface area contributed by atoms with E-state index >= 15 is 0 Å². The van der Waals surface area contributed by atoms with Crippen molar-refractivity contribution in [1.82, 2.24) is 0 Å². The van der Waals surface area contributed by atoms with Gasteiger partial charge in [0.15, 0.2) is 0 Å². The maximum Gasteiger partial charge on any atom is -0.0414 e. The van der Waals surface area contributed by atoms with Crippen molar-refractivity contribution in [2.24, 2.45) is 23.7 Å². The lowest BCUT2D eigenvalue weighted by Gasteiger charge is -2.27. The van der Waals surface area contributed by atoms with Gasteiger partial charge in [-0.3, -0.25) is 0 Å². The van der Waals surface area contributed by atoms with E-state index in [0.29, 0.717) is 0 Å². The van der Waals surface area contributed by atoms with Gasteiger partial charge >= 0.3 is 0 Å². The molecule has 1 unspecified atom stereocenters. The third-order valence-electron chi connectivity index (χ3n) is 4.30. The summed E-state index contributed by atoms with van der Waals surface area (Å²) in [6.07, 6.45) is 8.93. The highest BCUT2D eigenvalue weighted by atomic mass is 14.2. The van der Waals surface area contributed by atoms with Crippen molar-refractivity contribution in [1.29, 1.82) is 0 Å². The van der Waals surface area contributed by atoms with Crippen LogP contribution in [0.5, 0.6) is 0 Å². The lowest BCUT2D eigenvalue weighted by molar-refractivity contribution is 0.251. The zero-order valence-electron chi connectivity index (χ0n) is 10.6. The Balaban J connectivity index is 2.13. The zero-order valence-corrected chi connectivity index (χ0v) is 10.6. The molecule has 0 aliphatic heterocycles. The Morgan fingerprint density at radius 3 is 2.07 bits per heavy atom. The summed E-state index contributed by atoms with van der Waals surface area (Å²) < 4.78 is 0. The van der Waals surface area contributed by atoms with Gasteiger partial charge in [0, 0.05) is 0 Å². The second-order valence-electron chi connectivity index (χ2n) is 5.92. The molecule has 0 N–H and O–H groups in total. The summed E-state index contributed by atoms with van der Waals surface area (Å²) in [6, 6.07) is 0. The standard InChI is InChI=1S/C14H28/c1-11(2)13(4)7-10-14-8-5-12(3)6-9-14/h11-14H,5-10H2,1-4H3. The Kier molecular flexibility index (Phi) is 4.98. The van der Waals surface area contributed by atoms with Crippen molar-refractivity contribution in [3.8, 4) is 0 Å². The van der Waals surface area contributed by atoms with E-state index in [2.05, 4.69) is 27.7 Å².